The molecule has 0 atom stereocenters. The van der Waals surface area contributed by atoms with Crippen LogP contribution >= 0.6 is 0 Å². The lowest BCUT2D eigenvalue weighted by Gasteiger charge is -2.31. The average Bonchev–Trinajstić information content (AvgIpc) is 2.71. The van der Waals surface area contributed by atoms with Crippen molar-refractivity contribution >= 4 is 5.69 Å². The maximum Gasteiger partial charge on any atom is 0.119 e. The average molecular weight is 417 g/mol. The molecule has 1 aromatic carbocycles. The SMILES string of the molecule is COc1ccc2c(c1)CCCN2CCCCCCCCCN(CC(C)C)CC(C)C. The van der Waals surface area contributed by atoms with Crippen molar-refractivity contribution in [2.75, 3.05) is 44.7 Å². The summed E-state index contributed by atoms with van der Waals surface area (Å²) in [5.41, 5.74) is 2.90. The van der Waals surface area contributed by atoms with Crippen molar-refractivity contribution in [1.82, 2.24) is 4.90 Å². The van der Waals surface area contributed by atoms with Crippen molar-refractivity contribution in [3.05, 3.63) is 23.8 Å². The molecule has 1 heterocycles. The Morgan fingerprint density at radius 2 is 1.53 bits per heavy atom. The number of fused-ring (bicyclic) bond motifs is 1. The molecule has 30 heavy (non-hydrogen) atoms. The predicted molar refractivity (Wildman–Crippen MR) is 132 cm³/mol. The number of hydrogen-bond donors (Lipinski definition) is 0. The molecular weight excluding hydrogens is 368 g/mol. The minimum absolute atomic E-state index is 0.776. The van der Waals surface area contributed by atoms with Crippen LogP contribution in [0.1, 0.15) is 84.6 Å². The molecule has 0 amide bonds. The summed E-state index contributed by atoms with van der Waals surface area (Å²) < 4.78 is 5.39. The van der Waals surface area contributed by atoms with Gasteiger partial charge < -0.3 is 14.5 Å². The molecule has 1 aromatic rings. The van der Waals surface area contributed by atoms with Gasteiger partial charge in [0.2, 0.25) is 0 Å². The topological polar surface area (TPSA) is 15.7 Å². The smallest absolute Gasteiger partial charge is 0.119 e. The standard InChI is InChI=1S/C27H48N2O/c1-23(2)21-28(22-24(3)4)17-11-9-7-6-8-10-12-18-29-19-13-14-25-20-26(30-5)15-16-27(25)29/h15-16,20,23-24H,6-14,17-19,21-22H2,1-5H3. The van der Waals surface area contributed by atoms with Crippen LogP contribution in [0.2, 0.25) is 0 Å². The number of unbranched alkanes of at least 4 members (excludes halogenated alkanes) is 6. The van der Waals surface area contributed by atoms with Gasteiger partial charge in [0.1, 0.15) is 5.75 Å². The van der Waals surface area contributed by atoms with E-state index in [1.807, 2.05) is 0 Å². The first-order chi connectivity index (χ1) is 14.5. The van der Waals surface area contributed by atoms with Crippen LogP contribution in [-0.4, -0.2) is 44.7 Å². The largest absolute Gasteiger partial charge is 0.497 e. The molecule has 1 aliphatic heterocycles. The Kier molecular flexibility index (Phi) is 11.7. The predicted octanol–water partition coefficient (Wildman–Crippen LogP) is 6.79. The first-order valence-electron chi connectivity index (χ1n) is 12.6. The monoisotopic (exact) mass is 416 g/mol. The van der Waals surface area contributed by atoms with E-state index in [1.165, 1.54) is 102 Å². The van der Waals surface area contributed by atoms with Gasteiger partial charge in [0.05, 0.1) is 7.11 Å². The van der Waals surface area contributed by atoms with Crippen LogP contribution in [0.4, 0.5) is 5.69 Å². The number of hydrogen-bond acceptors (Lipinski definition) is 3. The first kappa shape index (κ1) is 25.0. The van der Waals surface area contributed by atoms with E-state index in [-0.39, 0.29) is 0 Å². The third-order valence-electron chi connectivity index (χ3n) is 6.15. The second-order valence-electron chi connectivity index (χ2n) is 10.1. The third kappa shape index (κ3) is 9.29. The van der Waals surface area contributed by atoms with E-state index in [0.717, 1.165) is 17.6 Å². The van der Waals surface area contributed by atoms with E-state index in [2.05, 4.69) is 55.7 Å². The molecule has 0 radical (unpaired) electrons. The van der Waals surface area contributed by atoms with Gasteiger partial charge in [-0.05, 0) is 67.8 Å². The highest BCUT2D eigenvalue weighted by atomic mass is 16.5. The summed E-state index contributed by atoms with van der Waals surface area (Å²) >= 11 is 0. The Morgan fingerprint density at radius 3 is 2.17 bits per heavy atom. The fourth-order valence-corrected chi connectivity index (χ4v) is 4.82. The normalized spacial score (nSPS) is 14.1. The van der Waals surface area contributed by atoms with Gasteiger partial charge in [0, 0.05) is 31.9 Å². The van der Waals surface area contributed by atoms with E-state index in [1.54, 1.807) is 7.11 Å². The lowest BCUT2D eigenvalue weighted by molar-refractivity contribution is 0.215. The molecular formula is C27H48N2O. The van der Waals surface area contributed by atoms with Gasteiger partial charge in [0.25, 0.3) is 0 Å². The van der Waals surface area contributed by atoms with Crippen LogP contribution in [0.5, 0.6) is 5.75 Å². The van der Waals surface area contributed by atoms with Gasteiger partial charge in [-0.15, -0.1) is 0 Å². The summed E-state index contributed by atoms with van der Waals surface area (Å²) in [6, 6.07) is 6.60. The van der Waals surface area contributed by atoms with E-state index in [0.29, 0.717) is 0 Å². The van der Waals surface area contributed by atoms with Crippen LogP contribution < -0.4 is 9.64 Å². The summed E-state index contributed by atoms with van der Waals surface area (Å²) in [7, 11) is 1.76. The zero-order chi connectivity index (χ0) is 21.8. The zero-order valence-electron chi connectivity index (χ0n) is 20.6. The van der Waals surface area contributed by atoms with Crippen molar-refractivity contribution in [2.45, 2.75) is 85.5 Å². The van der Waals surface area contributed by atoms with Gasteiger partial charge in [-0.2, -0.15) is 0 Å². The number of ether oxygens (including phenoxy) is 1. The van der Waals surface area contributed by atoms with Crippen LogP contribution in [0.25, 0.3) is 0 Å². The number of benzene rings is 1. The molecule has 0 fully saturated rings. The highest BCUT2D eigenvalue weighted by molar-refractivity contribution is 5.58. The van der Waals surface area contributed by atoms with Crippen LogP contribution in [0.15, 0.2) is 18.2 Å². The Labute approximate surface area is 187 Å². The van der Waals surface area contributed by atoms with Crippen molar-refractivity contribution in [2.24, 2.45) is 11.8 Å². The van der Waals surface area contributed by atoms with Crippen LogP contribution in [0.3, 0.4) is 0 Å². The van der Waals surface area contributed by atoms with Gasteiger partial charge in [-0.25, -0.2) is 0 Å². The van der Waals surface area contributed by atoms with Crippen molar-refractivity contribution in [3.8, 4) is 5.75 Å². The number of rotatable bonds is 15. The highest BCUT2D eigenvalue weighted by Gasteiger charge is 2.16. The molecule has 2 rings (SSSR count). The number of anilines is 1. The number of aryl methyl sites for hydroxylation is 1. The summed E-state index contributed by atoms with van der Waals surface area (Å²) in [5, 5.41) is 0. The molecule has 0 aliphatic carbocycles. The lowest BCUT2D eigenvalue weighted by Crippen LogP contribution is -2.32. The summed E-state index contributed by atoms with van der Waals surface area (Å²) in [6.07, 6.45) is 12.1. The van der Waals surface area contributed by atoms with E-state index < -0.39 is 0 Å². The highest BCUT2D eigenvalue weighted by Crippen LogP contribution is 2.30. The van der Waals surface area contributed by atoms with Gasteiger partial charge in [-0.3, -0.25) is 0 Å². The first-order valence-corrected chi connectivity index (χ1v) is 12.6. The maximum absolute atomic E-state index is 5.39. The molecule has 172 valence electrons. The molecule has 1 aliphatic rings. The van der Waals surface area contributed by atoms with Gasteiger partial charge in [-0.1, -0.05) is 59.8 Å². The molecule has 0 spiro atoms. The minimum Gasteiger partial charge on any atom is -0.497 e. The summed E-state index contributed by atoms with van der Waals surface area (Å²) in [6.45, 7) is 15.6. The minimum atomic E-state index is 0.776. The molecule has 3 heteroatoms. The molecule has 0 aromatic heterocycles. The molecule has 0 saturated carbocycles. The Bertz CT molecular complexity index is 574. The quantitative estimate of drug-likeness (QED) is 0.293. The zero-order valence-corrected chi connectivity index (χ0v) is 20.6. The Hall–Kier alpha value is -1.22. The second-order valence-corrected chi connectivity index (χ2v) is 10.1. The molecule has 0 unspecified atom stereocenters. The number of nitrogens with zero attached hydrogens (tertiary/aromatic N) is 2. The van der Waals surface area contributed by atoms with Crippen LogP contribution in [-0.2, 0) is 6.42 Å². The summed E-state index contributed by atoms with van der Waals surface area (Å²) in [5.74, 6) is 2.54. The van der Waals surface area contributed by atoms with E-state index >= 15 is 0 Å². The molecule has 0 saturated heterocycles. The van der Waals surface area contributed by atoms with E-state index in [9.17, 15) is 0 Å². The van der Waals surface area contributed by atoms with E-state index in [4.69, 9.17) is 4.74 Å². The number of methoxy groups -OCH3 is 1. The second kappa shape index (κ2) is 14.0. The van der Waals surface area contributed by atoms with Gasteiger partial charge >= 0.3 is 0 Å². The fourth-order valence-electron chi connectivity index (χ4n) is 4.82. The lowest BCUT2D eigenvalue weighted by atomic mass is 10.0. The molecule has 3 nitrogen and oxygen atoms in total. The van der Waals surface area contributed by atoms with Gasteiger partial charge in [0.15, 0.2) is 0 Å². The molecule has 0 bridgehead atoms. The fraction of sp³-hybridized carbons (Fsp3) is 0.778. The van der Waals surface area contributed by atoms with Crippen LogP contribution in [0, 0.1) is 11.8 Å². The molecule has 0 N–H and O–H groups in total. The van der Waals surface area contributed by atoms with Crippen molar-refractivity contribution in [1.29, 1.82) is 0 Å². The van der Waals surface area contributed by atoms with Crippen molar-refractivity contribution in [3.63, 3.8) is 0 Å². The Balaban J connectivity index is 1.54. The van der Waals surface area contributed by atoms with Crippen molar-refractivity contribution < 1.29 is 4.74 Å². The Morgan fingerprint density at radius 1 is 0.900 bits per heavy atom. The maximum atomic E-state index is 5.39. The summed E-state index contributed by atoms with van der Waals surface area (Å²) in [4.78, 5) is 5.28. The third-order valence-corrected chi connectivity index (χ3v) is 6.15.